The van der Waals surface area contributed by atoms with Gasteiger partial charge in [0.2, 0.25) is 5.71 Å². The van der Waals surface area contributed by atoms with E-state index in [1.165, 1.54) is 6.26 Å². The summed E-state index contributed by atoms with van der Waals surface area (Å²) in [6, 6.07) is 11.6. The molecule has 0 fully saturated rings. The Balaban J connectivity index is 0.000000847. The van der Waals surface area contributed by atoms with E-state index in [9.17, 15) is 4.79 Å². The van der Waals surface area contributed by atoms with Crippen LogP contribution in [0.3, 0.4) is 0 Å². The summed E-state index contributed by atoms with van der Waals surface area (Å²) in [4.78, 5) is 17.0. The summed E-state index contributed by atoms with van der Waals surface area (Å²) in [5.74, 6) is 0.781. The molecule has 0 amide bonds. The fourth-order valence-electron chi connectivity index (χ4n) is 2.33. The molecule has 0 saturated heterocycles. The highest BCUT2D eigenvalue weighted by Gasteiger charge is 2.12. The van der Waals surface area contributed by atoms with E-state index >= 15 is 0 Å². The molecule has 0 atom stereocenters. The van der Waals surface area contributed by atoms with Gasteiger partial charge < -0.3 is 4.42 Å². The van der Waals surface area contributed by atoms with Crippen molar-refractivity contribution in [3.8, 4) is 0 Å². The standard InChI is InChI=1S/C16H16N2O2.C2H6/c1-2-6-14-17-15-13(9-10-20-15)16(19)18(14)11-12-7-4-3-5-8-12;1-2/h3-5,7-10H,2,6,11H2,1H3;1-2H3. The van der Waals surface area contributed by atoms with Gasteiger partial charge in [-0.2, -0.15) is 4.98 Å². The normalized spacial score (nSPS) is 10.3. The van der Waals surface area contributed by atoms with Crippen molar-refractivity contribution in [1.29, 1.82) is 0 Å². The van der Waals surface area contributed by atoms with Crippen LogP contribution in [0.1, 0.15) is 38.6 Å². The van der Waals surface area contributed by atoms with Gasteiger partial charge in [0.05, 0.1) is 12.8 Å². The van der Waals surface area contributed by atoms with Crippen LogP contribution >= 0.6 is 0 Å². The van der Waals surface area contributed by atoms with E-state index in [1.54, 1.807) is 10.6 Å². The van der Waals surface area contributed by atoms with Gasteiger partial charge in [-0.05, 0) is 18.1 Å². The van der Waals surface area contributed by atoms with E-state index in [0.717, 1.165) is 24.2 Å². The van der Waals surface area contributed by atoms with Crippen LogP contribution in [0, 0.1) is 0 Å². The third kappa shape index (κ3) is 3.27. The fourth-order valence-corrected chi connectivity index (χ4v) is 2.33. The molecule has 3 aromatic rings. The molecular formula is C18H22N2O2. The molecule has 4 nitrogen and oxygen atoms in total. The van der Waals surface area contributed by atoms with Crippen LogP contribution in [-0.2, 0) is 13.0 Å². The summed E-state index contributed by atoms with van der Waals surface area (Å²) in [7, 11) is 0. The van der Waals surface area contributed by atoms with Gasteiger partial charge in [0.25, 0.3) is 5.56 Å². The van der Waals surface area contributed by atoms with Crippen molar-refractivity contribution in [2.75, 3.05) is 0 Å². The lowest BCUT2D eigenvalue weighted by Gasteiger charge is -2.11. The van der Waals surface area contributed by atoms with Crippen molar-refractivity contribution < 1.29 is 4.42 Å². The molecule has 3 rings (SSSR count). The van der Waals surface area contributed by atoms with E-state index < -0.39 is 0 Å². The van der Waals surface area contributed by atoms with Crippen LogP contribution in [0.15, 0.2) is 51.9 Å². The van der Waals surface area contributed by atoms with Gasteiger partial charge in [-0.1, -0.05) is 51.1 Å². The zero-order valence-electron chi connectivity index (χ0n) is 13.4. The number of aryl methyl sites for hydroxylation is 1. The highest BCUT2D eigenvalue weighted by molar-refractivity contribution is 5.71. The second-order valence-electron chi connectivity index (χ2n) is 4.79. The van der Waals surface area contributed by atoms with Crippen molar-refractivity contribution in [2.45, 2.75) is 40.2 Å². The maximum atomic E-state index is 12.6. The molecular weight excluding hydrogens is 276 g/mol. The Kier molecular flexibility index (Phi) is 5.53. The fraction of sp³-hybridized carbons (Fsp3) is 0.333. The molecule has 0 aliphatic carbocycles. The largest absolute Gasteiger partial charge is 0.446 e. The lowest BCUT2D eigenvalue weighted by molar-refractivity contribution is 0.586. The van der Waals surface area contributed by atoms with Gasteiger partial charge in [0.15, 0.2) is 0 Å². The highest BCUT2D eigenvalue weighted by Crippen LogP contribution is 2.12. The Morgan fingerprint density at radius 3 is 2.55 bits per heavy atom. The van der Waals surface area contributed by atoms with Crippen LogP contribution in [0.4, 0.5) is 0 Å². The number of benzene rings is 1. The molecule has 116 valence electrons. The first-order valence-electron chi connectivity index (χ1n) is 7.80. The SMILES string of the molecule is CC.CCCc1nc2occc2c(=O)n1Cc1ccccc1. The molecule has 0 unspecified atom stereocenters. The van der Waals surface area contributed by atoms with E-state index in [2.05, 4.69) is 11.9 Å². The molecule has 2 heterocycles. The Morgan fingerprint density at radius 2 is 1.86 bits per heavy atom. The van der Waals surface area contributed by atoms with Crippen molar-refractivity contribution in [3.63, 3.8) is 0 Å². The Morgan fingerprint density at radius 1 is 1.14 bits per heavy atom. The smallest absolute Gasteiger partial charge is 0.265 e. The molecule has 1 aromatic carbocycles. The first-order valence-corrected chi connectivity index (χ1v) is 7.80. The number of rotatable bonds is 4. The lowest BCUT2D eigenvalue weighted by Crippen LogP contribution is -2.25. The average Bonchev–Trinajstić information content (AvgIpc) is 3.03. The second-order valence-corrected chi connectivity index (χ2v) is 4.79. The van der Waals surface area contributed by atoms with Crippen molar-refractivity contribution in [2.24, 2.45) is 0 Å². The summed E-state index contributed by atoms with van der Waals surface area (Å²) < 4.78 is 7.01. The number of hydrogen-bond acceptors (Lipinski definition) is 3. The van der Waals surface area contributed by atoms with Crippen LogP contribution in [-0.4, -0.2) is 9.55 Å². The minimum Gasteiger partial charge on any atom is -0.446 e. The van der Waals surface area contributed by atoms with E-state index in [-0.39, 0.29) is 5.56 Å². The molecule has 0 spiro atoms. The number of aromatic nitrogens is 2. The molecule has 4 heteroatoms. The number of fused-ring (bicyclic) bond motifs is 1. The van der Waals surface area contributed by atoms with E-state index in [1.807, 2.05) is 44.2 Å². The Bertz CT molecular complexity index is 773. The van der Waals surface area contributed by atoms with Gasteiger partial charge in [-0.25, -0.2) is 0 Å². The molecule has 0 radical (unpaired) electrons. The molecule has 0 saturated carbocycles. The quantitative estimate of drug-likeness (QED) is 0.731. The minimum atomic E-state index is -0.0314. The Labute approximate surface area is 130 Å². The van der Waals surface area contributed by atoms with Gasteiger partial charge in [0.1, 0.15) is 11.2 Å². The minimum absolute atomic E-state index is 0.0314. The van der Waals surface area contributed by atoms with E-state index in [4.69, 9.17) is 4.42 Å². The molecule has 22 heavy (non-hydrogen) atoms. The highest BCUT2D eigenvalue weighted by atomic mass is 16.3. The Hall–Kier alpha value is -2.36. The summed E-state index contributed by atoms with van der Waals surface area (Å²) in [6.45, 7) is 6.62. The summed E-state index contributed by atoms with van der Waals surface area (Å²) in [5, 5.41) is 0.542. The molecule has 0 aliphatic rings. The van der Waals surface area contributed by atoms with Crippen LogP contribution in [0.25, 0.3) is 11.1 Å². The van der Waals surface area contributed by atoms with Gasteiger partial charge in [-0.3, -0.25) is 9.36 Å². The van der Waals surface area contributed by atoms with Crippen LogP contribution in [0.2, 0.25) is 0 Å². The number of hydrogen-bond donors (Lipinski definition) is 0. The third-order valence-corrected chi connectivity index (χ3v) is 3.32. The zero-order chi connectivity index (χ0) is 15.9. The lowest BCUT2D eigenvalue weighted by atomic mass is 10.2. The van der Waals surface area contributed by atoms with Crippen LogP contribution < -0.4 is 5.56 Å². The first-order chi connectivity index (χ1) is 10.8. The van der Waals surface area contributed by atoms with Crippen molar-refractivity contribution >= 4 is 11.1 Å². The number of furan rings is 1. The molecule has 0 bridgehead atoms. The predicted octanol–water partition coefficient (Wildman–Crippen LogP) is 4.02. The summed E-state index contributed by atoms with van der Waals surface area (Å²) in [6.07, 6.45) is 3.22. The molecule has 0 aliphatic heterocycles. The predicted molar refractivity (Wildman–Crippen MR) is 89.2 cm³/mol. The van der Waals surface area contributed by atoms with Crippen LogP contribution in [0.5, 0.6) is 0 Å². The maximum Gasteiger partial charge on any atom is 0.265 e. The van der Waals surface area contributed by atoms with E-state index in [0.29, 0.717) is 17.6 Å². The topological polar surface area (TPSA) is 48.0 Å². The summed E-state index contributed by atoms with van der Waals surface area (Å²) in [5.41, 5.74) is 1.50. The van der Waals surface area contributed by atoms with Crippen molar-refractivity contribution in [3.05, 3.63) is 64.4 Å². The summed E-state index contributed by atoms with van der Waals surface area (Å²) >= 11 is 0. The third-order valence-electron chi connectivity index (χ3n) is 3.32. The van der Waals surface area contributed by atoms with Gasteiger partial charge in [-0.15, -0.1) is 0 Å². The monoisotopic (exact) mass is 298 g/mol. The zero-order valence-corrected chi connectivity index (χ0v) is 13.4. The maximum absolute atomic E-state index is 12.6. The number of nitrogens with zero attached hydrogens (tertiary/aromatic N) is 2. The first kappa shape index (κ1) is 16.0. The molecule has 2 aromatic heterocycles. The van der Waals surface area contributed by atoms with Crippen molar-refractivity contribution in [1.82, 2.24) is 9.55 Å². The second kappa shape index (κ2) is 7.59. The molecule has 0 N–H and O–H groups in total. The average molecular weight is 298 g/mol. The van der Waals surface area contributed by atoms with Gasteiger partial charge in [0, 0.05) is 6.42 Å². The van der Waals surface area contributed by atoms with Gasteiger partial charge >= 0.3 is 0 Å².